The largest absolute Gasteiger partial charge is 0.366 e. The summed E-state index contributed by atoms with van der Waals surface area (Å²) in [6.07, 6.45) is 5.22. The van der Waals surface area contributed by atoms with Gasteiger partial charge in [0.25, 0.3) is 0 Å². The maximum absolute atomic E-state index is 11.0. The normalized spacial score (nSPS) is 22.1. The molecule has 1 aliphatic rings. The van der Waals surface area contributed by atoms with Gasteiger partial charge >= 0.3 is 0 Å². The summed E-state index contributed by atoms with van der Waals surface area (Å²) in [5.41, 5.74) is 7.39. The summed E-state index contributed by atoms with van der Waals surface area (Å²) in [4.78, 5) is 11.0. The monoisotopic (exact) mass is 260 g/mol. The van der Waals surface area contributed by atoms with Gasteiger partial charge in [-0.05, 0) is 36.0 Å². The number of amides is 1. The third kappa shape index (κ3) is 3.57. The third-order valence-electron chi connectivity index (χ3n) is 4.30. The Morgan fingerprint density at radius 1 is 1.32 bits per heavy atom. The molecule has 0 spiro atoms. The molecule has 0 radical (unpaired) electrons. The molecule has 1 atom stereocenters. The van der Waals surface area contributed by atoms with Crippen LogP contribution in [0.25, 0.3) is 0 Å². The van der Waals surface area contributed by atoms with Crippen LogP contribution in [0.15, 0.2) is 24.3 Å². The van der Waals surface area contributed by atoms with Gasteiger partial charge in [-0.15, -0.1) is 0 Å². The number of nitrogens with two attached hydrogens (primary N) is 1. The topological polar surface area (TPSA) is 55.1 Å². The number of hydrogen-bond acceptors (Lipinski definition) is 2. The van der Waals surface area contributed by atoms with E-state index in [1.165, 1.54) is 31.2 Å². The van der Waals surface area contributed by atoms with E-state index in [4.69, 9.17) is 5.73 Å². The Kier molecular flexibility index (Phi) is 4.25. The maximum Gasteiger partial charge on any atom is 0.248 e. The molecule has 2 rings (SSSR count). The zero-order chi connectivity index (χ0) is 13.9. The lowest BCUT2D eigenvalue weighted by Gasteiger charge is -2.39. The zero-order valence-electron chi connectivity index (χ0n) is 11.9. The number of carbonyl (C=O) groups is 1. The van der Waals surface area contributed by atoms with Crippen LogP contribution in [0.1, 0.15) is 55.5 Å². The van der Waals surface area contributed by atoms with Gasteiger partial charge in [0.2, 0.25) is 5.91 Å². The smallest absolute Gasteiger partial charge is 0.248 e. The molecule has 0 heterocycles. The highest BCUT2D eigenvalue weighted by molar-refractivity contribution is 5.92. The Balaban J connectivity index is 1.93. The van der Waals surface area contributed by atoms with Gasteiger partial charge in [0.15, 0.2) is 0 Å². The summed E-state index contributed by atoms with van der Waals surface area (Å²) in [6, 6.07) is 8.12. The van der Waals surface area contributed by atoms with Crippen molar-refractivity contribution in [1.82, 2.24) is 5.32 Å². The molecule has 1 amide bonds. The molecule has 1 saturated carbocycles. The number of carbonyl (C=O) groups excluding carboxylic acids is 1. The van der Waals surface area contributed by atoms with Crippen LogP contribution in [-0.4, -0.2) is 11.9 Å². The van der Waals surface area contributed by atoms with E-state index in [0.29, 0.717) is 17.0 Å². The summed E-state index contributed by atoms with van der Waals surface area (Å²) in [6.45, 7) is 5.55. The molecule has 1 aromatic carbocycles. The number of hydrogen-bond donors (Lipinski definition) is 2. The van der Waals surface area contributed by atoms with E-state index in [0.717, 1.165) is 6.54 Å². The number of primary amides is 1. The van der Waals surface area contributed by atoms with Crippen molar-refractivity contribution < 1.29 is 4.79 Å². The minimum Gasteiger partial charge on any atom is -0.366 e. The lowest BCUT2D eigenvalue weighted by atomic mass is 9.73. The summed E-state index contributed by atoms with van der Waals surface area (Å²) in [5, 5.41) is 3.66. The minimum absolute atomic E-state index is 0.368. The van der Waals surface area contributed by atoms with Crippen LogP contribution in [0.2, 0.25) is 0 Å². The van der Waals surface area contributed by atoms with Crippen molar-refractivity contribution >= 4 is 5.91 Å². The molecule has 1 aliphatic carbocycles. The summed E-state index contributed by atoms with van der Waals surface area (Å²) in [5.74, 6) is -0.368. The molecule has 3 N–H and O–H groups in total. The second kappa shape index (κ2) is 5.74. The maximum atomic E-state index is 11.0. The van der Waals surface area contributed by atoms with Gasteiger partial charge in [0, 0.05) is 18.2 Å². The average Bonchev–Trinajstić information content (AvgIpc) is 2.37. The Morgan fingerprint density at radius 3 is 2.58 bits per heavy atom. The summed E-state index contributed by atoms with van der Waals surface area (Å²) in [7, 11) is 0. The zero-order valence-corrected chi connectivity index (χ0v) is 11.9. The molecule has 0 saturated heterocycles. The Bertz CT molecular complexity index is 437. The van der Waals surface area contributed by atoms with Gasteiger partial charge in [0.1, 0.15) is 0 Å². The SMILES string of the molecule is CC1(C)CCCCC1NCc1ccc(C(N)=O)cc1. The molecular weight excluding hydrogens is 236 g/mol. The fourth-order valence-electron chi connectivity index (χ4n) is 2.90. The molecule has 3 heteroatoms. The van der Waals surface area contributed by atoms with Crippen LogP contribution in [0.4, 0.5) is 0 Å². The Labute approximate surface area is 115 Å². The van der Waals surface area contributed by atoms with Crippen molar-refractivity contribution in [3.05, 3.63) is 35.4 Å². The minimum atomic E-state index is -0.368. The fourth-order valence-corrected chi connectivity index (χ4v) is 2.90. The number of nitrogens with one attached hydrogen (secondary N) is 1. The number of benzene rings is 1. The van der Waals surface area contributed by atoms with Gasteiger partial charge in [-0.3, -0.25) is 4.79 Å². The van der Waals surface area contributed by atoms with Crippen molar-refractivity contribution in [1.29, 1.82) is 0 Å². The van der Waals surface area contributed by atoms with E-state index in [-0.39, 0.29) is 5.91 Å². The van der Waals surface area contributed by atoms with Crippen molar-refractivity contribution in [2.45, 2.75) is 52.1 Å². The molecule has 0 bridgehead atoms. The molecule has 1 unspecified atom stereocenters. The van der Waals surface area contributed by atoms with Crippen LogP contribution < -0.4 is 11.1 Å². The highest BCUT2D eigenvalue weighted by Gasteiger charge is 2.31. The predicted molar refractivity (Wildman–Crippen MR) is 77.8 cm³/mol. The molecule has 1 aromatic rings. The molecule has 0 aliphatic heterocycles. The molecular formula is C16H24N2O. The van der Waals surface area contributed by atoms with Gasteiger partial charge in [-0.2, -0.15) is 0 Å². The summed E-state index contributed by atoms with van der Waals surface area (Å²) >= 11 is 0. The van der Waals surface area contributed by atoms with E-state index in [1.54, 1.807) is 12.1 Å². The van der Waals surface area contributed by atoms with Gasteiger partial charge < -0.3 is 11.1 Å². The van der Waals surface area contributed by atoms with Crippen LogP contribution in [0.5, 0.6) is 0 Å². The third-order valence-corrected chi connectivity index (χ3v) is 4.30. The first-order valence-electron chi connectivity index (χ1n) is 7.11. The molecule has 0 aromatic heterocycles. The second-order valence-electron chi connectivity index (χ2n) is 6.23. The highest BCUT2D eigenvalue weighted by Crippen LogP contribution is 2.35. The number of rotatable bonds is 4. The summed E-state index contributed by atoms with van der Waals surface area (Å²) < 4.78 is 0. The van der Waals surface area contributed by atoms with Gasteiger partial charge in [-0.25, -0.2) is 0 Å². The lowest BCUT2D eigenvalue weighted by Crippen LogP contribution is -2.43. The first kappa shape index (κ1) is 14.1. The average molecular weight is 260 g/mol. The van der Waals surface area contributed by atoms with Crippen LogP contribution in [-0.2, 0) is 6.54 Å². The van der Waals surface area contributed by atoms with Crippen molar-refractivity contribution in [2.24, 2.45) is 11.1 Å². The van der Waals surface area contributed by atoms with Crippen LogP contribution >= 0.6 is 0 Å². The van der Waals surface area contributed by atoms with Crippen molar-refractivity contribution in [3.8, 4) is 0 Å². The van der Waals surface area contributed by atoms with E-state index in [2.05, 4.69) is 19.2 Å². The Morgan fingerprint density at radius 2 is 2.00 bits per heavy atom. The molecule has 104 valence electrons. The Hall–Kier alpha value is -1.35. The molecule has 3 nitrogen and oxygen atoms in total. The molecule has 19 heavy (non-hydrogen) atoms. The first-order chi connectivity index (χ1) is 8.99. The van der Waals surface area contributed by atoms with Crippen molar-refractivity contribution in [3.63, 3.8) is 0 Å². The highest BCUT2D eigenvalue weighted by atomic mass is 16.1. The fraction of sp³-hybridized carbons (Fsp3) is 0.562. The van der Waals surface area contributed by atoms with Crippen LogP contribution in [0, 0.1) is 5.41 Å². The van der Waals surface area contributed by atoms with Crippen molar-refractivity contribution in [2.75, 3.05) is 0 Å². The first-order valence-corrected chi connectivity index (χ1v) is 7.11. The second-order valence-corrected chi connectivity index (χ2v) is 6.23. The van der Waals surface area contributed by atoms with Crippen LogP contribution in [0.3, 0.4) is 0 Å². The van der Waals surface area contributed by atoms with E-state index in [1.807, 2.05) is 12.1 Å². The predicted octanol–water partition coefficient (Wildman–Crippen LogP) is 2.84. The molecule has 1 fully saturated rings. The van der Waals surface area contributed by atoms with Gasteiger partial charge in [-0.1, -0.05) is 38.8 Å². The van der Waals surface area contributed by atoms with Gasteiger partial charge in [0.05, 0.1) is 0 Å². The van der Waals surface area contributed by atoms with E-state index < -0.39 is 0 Å². The van der Waals surface area contributed by atoms with E-state index >= 15 is 0 Å². The van der Waals surface area contributed by atoms with E-state index in [9.17, 15) is 4.79 Å². The quantitative estimate of drug-likeness (QED) is 0.874. The lowest BCUT2D eigenvalue weighted by molar-refractivity contribution is 0.100. The standard InChI is InChI=1S/C16H24N2O/c1-16(2)10-4-3-5-14(16)18-11-12-6-8-13(9-7-12)15(17)19/h6-9,14,18H,3-5,10-11H2,1-2H3,(H2,17,19).